The lowest BCUT2D eigenvalue weighted by Crippen LogP contribution is -2.02. The van der Waals surface area contributed by atoms with E-state index in [4.69, 9.17) is 11.8 Å². The predicted molar refractivity (Wildman–Crippen MR) is 93.8 cm³/mol. The number of pyridine rings is 1. The van der Waals surface area contributed by atoms with Crippen molar-refractivity contribution >= 4 is 34.6 Å². The second kappa shape index (κ2) is 6.31. The minimum atomic E-state index is 0.548. The summed E-state index contributed by atoms with van der Waals surface area (Å²) in [6, 6.07) is 9.97. The SMILES string of the molecule is Cc1c(SC(C)C)ccnc1Cc1nc2ccccc2n1Cl. The fourth-order valence-corrected chi connectivity index (χ4v) is 3.61. The molecule has 2 aromatic heterocycles. The summed E-state index contributed by atoms with van der Waals surface area (Å²) < 4.78 is 1.64. The quantitative estimate of drug-likeness (QED) is 0.641. The van der Waals surface area contributed by atoms with Gasteiger partial charge in [0.05, 0.1) is 16.7 Å². The van der Waals surface area contributed by atoms with Gasteiger partial charge in [-0.05, 0) is 30.7 Å². The van der Waals surface area contributed by atoms with Crippen LogP contribution in [0.15, 0.2) is 41.4 Å². The third-order valence-electron chi connectivity index (χ3n) is 3.52. The lowest BCUT2D eigenvalue weighted by atomic mass is 10.1. The minimum Gasteiger partial charge on any atom is -0.260 e. The molecule has 0 N–H and O–H groups in total. The Morgan fingerprint density at radius 1 is 1.23 bits per heavy atom. The molecule has 0 bridgehead atoms. The number of nitrogens with zero attached hydrogens (tertiary/aromatic N) is 3. The lowest BCUT2D eigenvalue weighted by molar-refractivity contribution is 0.929. The van der Waals surface area contributed by atoms with Crippen molar-refractivity contribution < 1.29 is 0 Å². The van der Waals surface area contributed by atoms with Gasteiger partial charge in [0.2, 0.25) is 0 Å². The molecule has 3 rings (SSSR count). The molecule has 0 saturated heterocycles. The number of para-hydroxylation sites is 2. The summed E-state index contributed by atoms with van der Waals surface area (Å²) in [6.45, 7) is 6.51. The van der Waals surface area contributed by atoms with Gasteiger partial charge in [-0.15, -0.1) is 11.8 Å². The summed E-state index contributed by atoms with van der Waals surface area (Å²) in [6.07, 6.45) is 2.50. The first-order valence-electron chi connectivity index (χ1n) is 7.30. The predicted octanol–water partition coefficient (Wildman–Crippen LogP) is 4.83. The van der Waals surface area contributed by atoms with Crippen molar-refractivity contribution in [1.82, 2.24) is 14.1 Å². The van der Waals surface area contributed by atoms with Crippen LogP contribution in [-0.2, 0) is 6.42 Å². The molecule has 0 saturated carbocycles. The molecular formula is C17H18ClN3S. The van der Waals surface area contributed by atoms with E-state index in [1.54, 1.807) is 4.09 Å². The molecule has 1 aromatic carbocycles. The Balaban J connectivity index is 1.96. The Labute approximate surface area is 139 Å². The van der Waals surface area contributed by atoms with Gasteiger partial charge in [-0.3, -0.25) is 4.98 Å². The van der Waals surface area contributed by atoms with Gasteiger partial charge < -0.3 is 0 Å². The summed E-state index contributed by atoms with van der Waals surface area (Å²) in [4.78, 5) is 10.4. The minimum absolute atomic E-state index is 0.548. The molecule has 0 aliphatic rings. The van der Waals surface area contributed by atoms with Crippen molar-refractivity contribution in [3.8, 4) is 0 Å². The highest BCUT2D eigenvalue weighted by Gasteiger charge is 2.13. The number of rotatable bonds is 4. The number of fused-ring (bicyclic) bond motifs is 1. The van der Waals surface area contributed by atoms with Crippen molar-refractivity contribution in [3.05, 3.63) is 53.6 Å². The molecule has 0 amide bonds. The van der Waals surface area contributed by atoms with E-state index >= 15 is 0 Å². The standard InChI is InChI=1S/C17H18ClN3S/c1-11(2)22-16-8-9-19-14(12(16)3)10-17-20-13-6-4-5-7-15(13)21(17)18/h4-9,11H,10H2,1-3H3. The molecule has 22 heavy (non-hydrogen) atoms. The number of hydrogen-bond donors (Lipinski definition) is 0. The van der Waals surface area contributed by atoms with Crippen LogP contribution in [0, 0.1) is 6.92 Å². The van der Waals surface area contributed by atoms with Crippen LogP contribution in [-0.4, -0.2) is 19.3 Å². The van der Waals surface area contributed by atoms with E-state index in [0.717, 1.165) is 22.6 Å². The van der Waals surface area contributed by atoms with Crippen LogP contribution in [0.5, 0.6) is 0 Å². The number of benzene rings is 1. The molecule has 0 radical (unpaired) electrons. The molecule has 0 atom stereocenters. The zero-order chi connectivity index (χ0) is 15.7. The van der Waals surface area contributed by atoms with E-state index in [-0.39, 0.29) is 0 Å². The largest absolute Gasteiger partial charge is 0.260 e. The van der Waals surface area contributed by atoms with Gasteiger partial charge in [-0.25, -0.2) is 9.07 Å². The average molecular weight is 332 g/mol. The maximum absolute atomic E-state index is 6.40. The van der Waals surface area contributed by atoms with Crippen molar-refractivity contribution in [2.45, 2.75) is 37.3 Å². The monoisotopic (exact) mass is 331 g/mol. The smallest absolute Gasteiger partial charge is 0.130 e. The van der Waals surface area contributed by atoms with Gasteiger partial charge in [-0.2, -0.15) is 0 Å². The highest BCUT2D eigenvalue weighted by atomic mass is 35.5. The molecule has 0 fully saturated rings. The van der Waals surface area contributed by atoms with Crippen LogP contribution in [0.25, 0.3) is 11.0 Å². The Hall–Kier alpha value is -1.52. The first-order valence-corrected chi connectivity index (χ1v) is 8.51. The van der Waals surface area contributed by atoms with Crippen molar-refractivity contribution in [3.63, 3.8) is 0 Å². The molecule has 0 unspecified atom stereocenters. The Kier molecular flexibility index (Phi) is 4.41. The third kappa shape index (κ3) is 2.99. The van der Waals surface area contributed by atoms with Gasteiger partial charge in [0.1, 0.15) is 5.82 Å². The van der Waals surface area contributed by atoms with E-state index < -0.39 is 0 Å². The van der Waals surface area contributed by atoms with Gasteiger partial charge in [0, 0.05) is 34.5 Å². The van der Waals surface area contributed by atoms with Gasteiger partial charge in [0.15, 0.2) is 0 Å². The summed E-state index contributed by atoms with van der Waals surface area (Å²) in [5.74, 6) is 0.824. The normalized spacial score (nSPS) is 11.5. The fourth-order valence-electron chi connectivity index (χ4n) is 2.42. The molecule has 2 heterocycles. The van der Waals surface area contributed by atoms with Crippen LogP contribution < -0.4 is 0 Å². The molecule has 3 aromatic rings. The Bertz CT molecular complexity index is 811. The Morgan fingerprint density at radius 2 is 2.00 bits per heavy atom. The fraction of sp³-hybridized carbons (Fsp3) is 0.294. The van der Waals surface area contributed by atoms with E-state index in [2.05, 4.69) is 36.8 Å². The average Bonchev–Trinajstić information content (AvgIpc) is 2.80. The van der Waals surface area contributed by atoms with Crippen LogP contribution in [0.1, 0.15) is 30.9 Å². The first kappa shape index (κ1) is 15.4. The molecule has 3 nitrogen and oxygen atoms in total. The van der Waals surface area contributed by atoms with Crippen molar-refractivity contribution in [1.29, 1.82) is 0 Å². The highest BCUT2D eigenvalue weighted by Crippen LogP contribution is 2.28. The number of hydrogen-bond acceptors (Lipinski definition) is 3. The molecule has 0 aliphatic heterocycles. The number of halogens is 1. The van der Waals surface area contributed by atoms with E-state index in [9.17, 15) is 0 Å². The Morgan fingerprint density at radius 3 is 2.73 bits per heavy atom. The van der Waals surface area contributed by atoms with E-state index in [1.807, 2.05) is 42.2 Å². The number of thioether (sulfide) groups is 1. The highest BCUT2D eigenvalue weighted by molar-refractivity contribution is 8.00. The maximum atomic E-state index is 6.40. The lowest BCUT2D eigenvalue weighted by Gasteiger charge is -2.11. The second-order valence-corrected chi connectivity index (χ2v) is 7.48. The van der Waals surface area contributed by atoms with Gasteiger partial charge >= 0.3 is 0 Å². The first-order chi connectivity index (χ1) is 10.6. The number of imidazole rings is 1. The molecule has 0 spiro atoms. The van der Waals surface area contributed by atoms with Crippen molar-refractivity contribution in [2.75, 3.05) is 0 Å². The molecular weight excluding hydrogens is 314 g/mol. The molecule has 5 heteroatoms. The van der Waals surface area contributed by atoms with Crippen LogP contribution in [0.2, 0.25) is 0 Å². The second-order valence-electron chi connectivity index (χ2n) is 5.52. The third-order valence-corrected chi connectivity index (χ3v) is 5.06. The topological polar surface area (TPSA) is 30.7 Å². The van der Waals surface area contributed by atoms with Gasteiger partial charge in [0.25, 0.3) is 0 Å². The zero-order valence-corrected chi connectivity index (χ0v) is 14.4. The summed E-state index contributed by atoms with van der Waals surface area (Å²) in [5.41, 5.74) is 4.09. The van der Waals surface area contributed by atoms with Crippen LogP contribution in [0.4, 0.5) is 0 Å². The van der Waals surface area contributed by atoms with E-state index in [1.165, 1.54) is 10.5 Å². The van der Waals surface area contributed by atoms with Crippen LogP contribution >= 0.6 is 23.5 Å². The van der Waals surface area contributed by atoms with Crippen molar-refractivity contribution in [2.24, 2.45) is 0 Å². The number of aromatic nitrogens is 3. The summed E-state index contributed by atoms with van der Waals surface area (Å²) in [5, 5.41) is 0.548. The van der Waals surface area contributed by atoms with Crippen LogP contribution in [0.3, 0.4) is 0 Å². The van der Waals surface area contributed by atoms with Gasteiger partial charge in [-0.1, -0.05) is 26.0 Å². The summed E-state index contributed by atoms with van der Waals surface area (Å²) in [7, 11) is 0. The molecule has 0 aliphatic carbocycles. The zero-order valence-electron chi connectivity index (χ0n) is 12.9. The summed E-state index contributed by atoms with van der Waals surface area (Å²) >= 11 is 8.26. The maximum Gasteiger partial charge on any atom is 0.130 e. The van der Waals surface area contributed by atoms with E-state index in [0.29, 0.717) is 11.7 Å². The molecule has 114 valence electrons.